The Morgan fingerprint density at radius 2 is 1.25 bits per heavy atom. The zero-order valence-electron chi connectivity index (χ0n) is 9.43. The maximum absolute atomic E-state index is 11.4. The lowest BCUT2D eigenvalue weighted by molar-refractivity contribution is -0.166. The summed E-state index contributed by atoms with van der Waals surface area (Å²) in [6.07, 6.45) is 6.70. The number of hydrogen-bond acceptors (Lipinski definition) is 2. The Morgan fingerprint density at radius 3 is 1.44 bits per heavy atom. The summed E-state index contributed by atoms with van der Waals surface area (Å²) in [6, 6.07) is 0. The second-order valence-electron chi connectivity index (χ2n) is 3.98. The molecule has 88 valence electrons. The van der Waals surface area contributed by atoms with E-state index >= 15 is 0 Å². The highest BCUT2D eigenvalue weighted by atomic mass is 16.4. The summed E-state index contributed by atoms with van der Waals surface area (Å²) >= 11 is 0. The van der Waals surface area contributed by atoms with E-state index in [4.69, 9.17) is 0 Å². The van der Waals surface area contributed by atoms with Crippen LogP contribution in [0.3, 0.4) is 0 Å². The fourth-order valence-electron chi connectivity index (χ4n) is 2.43. The number of rotatable bonds is 4. The molecule has 0 aromatic heterocycles. The lowest BCUT2D eigenvalue weighted by Crippen LogP contribution is -2.50. The average Bonchev–Trinajstić information content (AvgIpc) is 2.27. The third-order valence-electron chi connectivity index (χ3n) is 3.55. The van der Waals surface area contributed by atoms with Crippen LogP contribution in [0.1, 0.15) is 26.7 Å². The van der Waals surface area contributed by atoms with E-state index in [0.717, 1.165) is 0 Å². The minimum absolute atomic E-state index is 0.253. The quantitative estimate of drug-likeness (QED) is 0.766. The zero-order chi connectivity index (χ0) is 12.4. The normalized spacial score (nSPS) is 32.6. The van der Waals surface area contributed by atoms with E-state index in [1.54, 1.807) is 26.0 Å². The van der Waals surface area contributed by atoms with Crippen molar-refractivity contribution in [3.05, 3.63) is 24.3 Å². The molecule has 0 aliphatic heterocycles. The first kappa shape index (κ1) is 12.5. The summed E-state index contributed by atoms with van der Waals surface area (Å²) in [5.74, 6) is -2.17. The van der Waals surface area contributed by atoms with E-state index in [-0.39, 0.29) is 12.8 Å². The molecule has 0 amide bonds. The van der Waals surface area contributed by atoms with Crippen molar-refractivity contribution in [1.82, 2.24) is 0 Å². The van der Waals surface area contributed by atoms with Crippen LogP contribution in [0.15, 0.2) is 24.3 Å². The van der Waals surface area contributed by atoms with Crippen molar-refractivity contribution in [3.63, 3.8) is 0 Å². The summed E-state index contributed by atoms with van der Waals surface area (Å²) in [4.78, 5) is 22.9. The van der Waals surface area contributed by atoms with Crippen molar-refractivity contribution in [2.24, 2.45) is 10.8 Å². The van der Waals surface area contributed by atoms with Gasteiger partial charge in [0.15, 0.2) is 0 Å². The Morgan fingerprint density at radius 1 is 0.938 bits per heavy atom. The van der Waals surface area contributed by atoms with E-state index in [2.05, 4.69) is 0 Å². The summed E-state index contributed by atoms with van der Waals surface area (Å²) in [7, 11) is 0. The number of hydrogen-bond donors (Lipinski definition) is 2. The van der Waals surface area contributed by atoms with Gasteiger partial charge < -0.3 is 10.2 Å². The predicted octanol–water partition coefficient (Wildman–Crippen LogP) is 2.07. The van der Waals surface area contributed by atoms with Crippen LogP contribution in [-0.4, -0.2) is 22.2 Å². The molecule has 0 aromatic carbocycles. The molecule has 0 fully saturated rings. The largest absolute Gasteiger partial charge is 0.481 e. The molecule has 0 radical (unpaired) electrons. The topological polar surface area (TPSA) is 74.6 Å². The molecule has 0 heterocycles. The minimum atomic E-state index is -1.34. The molecule has 0 spiro atoms. The van der Waals surface area contributed by atoms with Crippen LogP contribution in [0.2, 0.25) is 0 Å². The van der Waals surface area contributed by atoms with Crippen LogP contribution in [0.5, 0.6) is 0 Å². The van der Waals surface area contributed by atoms with Gasteiger partial charge in [0, 0.05) is 0 Å². The van der Waals surface area contributed by atoms with Gasteiger partial charge in [-0.3, -0.25) is 9.59 Å². The molecule has 0 aromatic rings. The van der Waals surface area contributed by atoms with Gasteiger partial charge >= 0.3 is 11.9 Å². The number of carboxylic acid groups (broad SMARTS) is 2. The van der Waals surface area contributed by atoms with E-state index in [1.807, 2.05) is 0 Å². The minimum Gasteiger partial charge on any atom is -0.481 e. The molecular weight excluding hydrogens is 208 g/mol. The Hall–Kier alpha value is -1.58. The van der Waals surface area contributed by atoms with Crippen LogP contribution in [0.4, 0.5) is 0 Å². The van der Waals surface area contributed by atoms with E-state index in [1.165, 1.54) is 12.2 Å². The predicted molar refractivity (Wildman–Crippen MR) is 59.0 cm³/mol. The van der Waals surface area contributed by atoms with E-state index < -0.39 is 22.8 Å². The number of allylic oxidation sites excluding steroid dienone is 2. The van der Waals surface area contributed by atoms with E-state index in [9.17, 15) is 19.8 Å². The monoisotopic (exact) mass is 224 g/mol. The molecule has 1 rings (SSSR count). The van der Waals surface area contributed by atoms with Gasteiger partial charge in [-0.2, -0.15) is 0 Å². The standard InChI is InChI=1S/C12H16O4/c1-3-11(9(13)14)7-5-6-8-12(11,4-2)10(15)16/h5-8H,3-4H2,1-2H3,(H,13,14)(H,15,16)/t11-,12+. The molecule has 0 saturated carbocycles. The lowest BCUT2D eigenvalue weighted by Gasteiger charge is -2.41. The fraction of sp³-hybridized carbons (Fsp3) is 0.500. The summed E-state index contributed by atoms with van der Waals surface area (Å²) in [5, 5.41) is 18.7. The maximum Gasteiger partial charge on any atom is 0.315 e. The molecular formula is C12H16O4. The van der Waals surface area contributed by atoms with E-state index in [0.29, 0.717) is 0 Å². The zero-order valence-corrected chi connectivity index (χ0v) is 9.43. The summed E-state index contributed by atoms with van der Waals surface area (Å²) in [5.41, 5.74) is -2.69. The Bertz CT molecular complexity index is 333. The average molecular weight is 224 g/mol. The molecule has 4 heteroatoms. The number of carbonyl (C=O) groups is 2. The van der Waals surface area contributed by atoms with Crippen molar-refractivity contribution in [1.29, 1.82) is 0 Å². The SMILES string of the molecule is CC[C@]1(C(=O)O)C=CC=C[C@@]1(CC)C(=O)O. The van der Waals surface area contributed by atoms with Crippen molar-refractivity contribution >= 4 is 11.9 Å². The van der Waals surface area contributed by atoms with Crippen molar-refractivity contribution in [3.8, 4) is 0 Å². The second-order valence-corrected chi connectivity index (χ2v) is 3.98. The molecule has 4 nitrogen and oxygen atoms in total. The molecule has 16 heavy (non-hydrogen) atoms. The van der Waals surface area contributed by atoms with Gasteiger partial charge in [0.25, 0.3) is 0 Å². The first-order chi connectivity index (χ1) is 7.47. The summed E-state index contributed by atoms with van der Waals surface area (Å²) in [6.45, 7) is 3.40. The molecule has 2 atom stereocenters. The van der Waals surface area contributed by atoms with Gasteiger partial charge in [0.05, 0.1) is 0 Å². The number of carboxylic acids is 2. The summed E-state index contributed by atoms with van der Waals surface area (Å²) < 4.78 is 0. The first-order valence-electron chi connectivity index (χ1n) is 5.30. The van der Waals surface area contributed by atoms with Crippen LogP contribution >= 0.6 is 0 Å². The van der Waals surface area contributed by atoms with Crippen LogP contribution < -0.4 is 0 Å². The molecule has 2 N–H and O–H groups in total. The maximum atomic E-state index is 11.4. The second kappa shape index (κ2) is 4.12. The third kappa shape index (κ3) is 1.37. The molecule has 0 unspecified atom stereocenters. The van der Waals surface area contributed by atoms with Crippen molar-refractivity contribution in [2.75, 3.05) is 0 Å². The number of aliphatic carboxylic acids is 2. The first-order valence-corrected chi connectivity index (χ1v) is 5.30. The van der Waals surface area contributed by atoms with Gasteiger partial charge in [-0.15, -0.1) is 0 Å². The molecule has 0 saturated heterocycles. The smallest absolute Gasteiger partial charge is 0.315 e. The van der Waals surface area contributed by atoms with Gasteiger partial charge in [-0.25, -0.2) is 0 Å². The van der Waals surface area contributed by atoms with Gasteiger partial charge in [0.2, 0.25) is 0 Å². The van der Waals surface area contributed by atoms with Crippen LogP contribution in [0, 0.1) is 10.8 Å². The lowest BCUT2D eigenvalue weighted by atomic mass is 9.58. The van der Waals surface area contributed by atoms with Gasteiger partial charge in [-0.1, -0.05) is 38.2 Å². The third-order valence-corrected chi connectivity index (χ3v) is 3.55. The highest BCUT2D eigenvalue weighted by Gasteiger charge is 2.57. The molecule has 1 aliphatic rings. The Kier molecular flexibility index (Phi) is 3.21. The van der Waals surface area contributed by atoms with Crippen LogP contribution in [-0.2, 0) is 9.59 Å². The van der Waals surface area contributed by atoms with Crippen molar-refractivity contribution in [2.45, 2.75) is 26.7 Å². The molecule has 1 aliphatic carbocycles. The van der Waals surface area contributed by atoms with Crippen molar-refractivity contribution < 1.29 is 19.8 Å². The Labute approximate surface area is 94.3 Å². The highest BCUT2D eigenvalue weighted by molar-refractivity contribution is 5.90. The van der Waals surface area contributed by atoms with Gasteiger partial charge in [-0.05, 0) is 12.8 Å². The Balaban J connectivity index is 3.44. The fourth-order valence-corrected chi connectivity index (χ4v) is 2.43. The highest BCUT2D eigenvalue weighted by Crippen LogP contribution is 2.49. The molecule has 0 bridgehead atoms. The van der Waals surface area contributed by atoms with Gasteiger partial charge in [0.1, 0.15) is 10.8 Å². The van der Waals surface area contributed by atoms with Crippen LogP contribution in [0.25, 0.3) is 0 Å².